The summed E-state index contributed by atoms with van der Waals surface area (Å²) in [6.07, 6.45) is 10.5. The number of fused-ring (bicyclic) bond motifs is 1. The minimum atomic E-state index is -0.496. The van der Waals surface area contributed by atoms with E-state index < -0.39 is 5.91 Å². The molecule has 3 aromatic rings. The first kappa shape index (κ1) is 27.6. The van der Waals surface area contributed by atoms with E-state index in [1.54, 1.807) is 0 Å². The van der Waals surface area contributed by atoms with Crippen LogP contribution in [0.1, 0.15) is 48.7 Å². The number of carbonyl (C=O) groups is 1. The zero-order chi connectivity index (χ0) is 27.4. The van der Waals surface area contributed by atoms with Crippen molar-refractivity contribution in [3.8, 4) is 0 Å². The summed E-state index contributed by atoms with van der Waals surface area (Å²) < 4.78 is 2.08. The van der Waals surface area contributed by atoms with Crippen LogP contribution in [0.25, 0.3) is 5.65 Å². The maximum atomic E-state index is 12.3. The number of nitrogens with two attached hydrogens (primary N) is 1. The lowest BCUT2D eigenvalue weighted by atomic mass is 9.97. The van der Waals surface area contributed by atoms with Crippen LogP contribution < -0.4 is 16.0 Å². The Morgan fingerprint density at radius 3 is 2.79 bits per heavy atom. The Morgan fingerprint density at radius 1 is 1.21 bits per heavy atom. The molecule has 0 bridgehead atoms. The molecule has 39 heavy (non-hydrogen) atoms. The number of carbonyl (C=O) groups excluding carboxylic acids is 1. The number of hydrogen-bond acceptors (Lipinski definition) is 9. The Hall–Kier alpha value is -2.99. The molecular weight excluding hydrogens is 518 g/mol. The molecule has 0 aromatic carbocycles. The summed E-state index contributed by atoms with van der Waals surface area (Å²) in [7, 11) is 0. The van der Waals surface area contributed by atoms with Crippen molar-refractivity contribution in [2.45, 2.75) is 51.2 Å². The number of aliphatic hydroxyl groups excluding tert-OH is 1. The highest BCUT2D eigenvalue weighted by molar-refractivity contribution is 6.32. The molecule has 2 aliphatic rings. The Bertz CT molecular complexity index is 1280. The van der Waals surface area contributed by atoms with E-state index in [0.717, 1.165) is 70.6 Å². The summed E-state index contributed by atoms with van der Waals surface area (Å²) >= 11 is 6.51. The number of amides is 1. The fourth-order valence-corrected chi connectivity index (χ4v) is 6.15. The topological polar surface area (TPSA) is 128 Å². The van der Waals surface area contributed by atoms with Crippen molar-refractivity contribution >= 4 is 34.8 Å². The molecule has 2 fully saturated rings. The second-order valence-corrected chi connectivity index (χ2v) is 10.8. The molecule has 5 heterocycles. The van der Waals surface area contributed by atoms with Crippen molar-refractivity contribution in [1.82, 2.24) is 34.5 Å². The molecule has 0 saturated carbocycles. The van der Waals surface area contributed by atoms with Gasteiger partial charge >= 0.3 is 0 Å². The molecule has 0 aliphatic carbocycles. The number of likely N-dealkylation sites (tertiary alicyclic amines) is 1. The third-order valence-corrected chi connectivity index (χ3v) is 8.06. The minimum Gasteiger partial charge on any atom is -0.395 e. The molecule has 3 aromatic heterocycles. The number of hydrogen-bond donors (Lipinski definition) is 3. The standard InChI is InChI=1S/C27H38ClN9O2/c1-2-3-21-18-36(26-24(28)32-23(25(29)33-26)27(39)31-9-15-38)13-14-37(21)20-6-10-34(11-7-20)16-19-4-5-22-30-8-12-35(22)17-19/h4-5,8,12,17,20-21,38H,2-3,6-7,9-11,13-16,18H2,1H3,(H2,29,33)(H,31,39)/t21-/m0/s1. The zero-order valence-electron chi connectivity index (χ0n) is 22.5. The molecule has 0 spiro atoms. The average Bonchev–Trinajstić information content (AvgIpc) is 3.41. The molecule has 4 N–H and O–H groups in total. The minimum absolute atomic E-state index is 0.0161. The number of imidazole rings is 1. The smallest absolute Gasteiger partial charge is 0.273 e. The second-order valence-electron chi connectivity index (χ2n) is 10.4. The monoisotopic (exact) mass is 555 g/mol. The van der Waals surface area contributed by atoms with Gasteiger partial charge in [-0.15, -0.1) is 0 Å². The summed E-state index contributed by atoms with van der Waals surface area (Å²) in [4.78, 5) is 32.8. The number of pyridine rings is 1. The van der Waals surface area contributed by atoms with Crippen LogP contribution in [0.3, 0.4) is 0 Å². The molecule has 0 radical (unpaired) electrons. The lowest BCUT2D eigenvalue weighted by Crippen LogP contribution is -2.58. The van der Waals surface area contributed by atoms with Crippen molar-refractivity contribution in [3.05, 3.63) is 47.1 Å². The molecule has 0 unspecified atom stereocenters. The predicted molar refractivity (Wildman–Crippen MR) is 152 cm³/mol. The van der Waals surface area contributed by atoms with E-state index in [4.69, 9.17) is 22.4 Å². The highest BCUT2D eigenvalue weighted by Gasteiger charge is 2.35. The van der Waals surface area contributed by atoms with Gasteiger partial charge in [0.2, 0.25) is 0 Å². The van der Waals surface area contributed by atoms with Gasteiger partial charge in [-0.05, 0) is 44.0 Å². The van der Waals surface area contributed by atoms with Crippen molar-refractivity contribution in [3.63, 3.8) is 0 Å². The average molecular weight is 556 g/mol. The fraction of sp³-hybridized carbons (Fsp3) is 0.556. The second kappa shape index (κ2) is 12.5. The van der Waals surface area contributed by atoms with Gasteiger partial charge in [0, 0.05) is 63.4 Å². The van der Waals surface area contributed by atoms with E-state index in [1.165, 1.54) is 5.56 Å². The molecule has 210 valence electrons. The maximum absolute atomic E-state index is 12.3. The summed E-state index contributed by atoms with van der Waals surface area (Å²) in [5.41, 5.74) is 8.37. The molecule has 5 rings (SSSR count). The van der Waals surface area contributed by atoms with Crippen LogP contribution >= 0.6 is 11.6 Å². The number of nitrogens with one attached hydrogen (secondary N) is 1. The Balaban J connectivity index is 1.20. The Kier molecular flexibility index (Phi) is 8.81. The van der Waals surface area contributed by atoms with E-state index in [0.29, 0.717) is 17.9 Å². The van der Waals surface area contributed by atoms with Crippen LogP contribution in [0.4, 0.5) is 11.6 Å². The van der Waals surface area contributed by atoms with Crippen LogP contribution in [0.15, 0.2) is 30.7 Å². The van der Waals surface area contributed by atoms with Gasteiger partial charge in [-0.2, -0.15) is 0 Å². The third-order valence-electron chi connectivity index (χ3n) is 7.81. The predicted octanol–water partition coefficient (Wildman–Crippen LogP) is 2.04. The lowest BCUT2D eigenvalue weighted by molar-refractivity contribution is 0.0589. The quantitative estimate of drug-likeness (QED) is 0.363. The van der Waals surface area contributed by atoms with Gasteiger partial charge < -0.3 is 25.5 Å². The maximum Gasteiger partial charge on any atom is 0.273 e. The number of anilines is 2. The third kappa shape index (κ3) is 6.27. The van der Waals surface area contributed by atoms with Gasteiger partial charge in [0.25, 0.3) is 5.91 Å². The van der Waals surface area contributed by atoms with Crippen molar-refractivity contribution in [1.29, 1.82) is 0 Å². The van der Waals surface area contributed by atoms with E-state index in [2.05, 4.69) is 64.6 Å². The summed E-state index contributed by atoms with van der Waals surface area (Å²) in [5, 5.41) is 11.7. The first-order valence-electron chi connectivity index (χ1n) is 13.8. The number of piperidine rings is 1. The number of aromatic nitrogens is 4. The van der Waals surface area contributed by atoms with Gasteiger partial charge in [-0.25, -0.2) is 15.0 Å². The van der Waals surface area contributed by atoms with Crippen LogP contribution in [0.5, 0.6) is 0 Å². The number of piperazine rings is 1. The summed E-state index contributed by atoms with van der Waals surface area (Å²) in [5.74, 6) is 0.0713. The van der Waals surface area contributed by atoms with Crippen molar-refractivity contribution in [2.75, 3.05) is 56.5 Å². The SMILES string of the molecule is CCC[C@H]1CN(c2nc(N)c(C(=O)NCCO)nc2Cl)CCN1C1CCN(Cc2ccc3nccn3c2)CC1. The number of rotatable bonds is 9. The normalized spacial score (nSPS) is 19.6. The molecule has 11 nitrogen and oxygen atoms in total. The molecule has 2 aliphatic heterocycles. The van der Waals surface area contributed by atoms with Gasteiger partial charge in [0.05, 0.1) is 6.61 Å². The lowest BCUT2D eigenvalue weighted by Gasteiger charge is -2.48. The fourth-order valence-electron chi connectivity index (χ4n) is 5.90. The molecule has 1 atom stereocenters. The number of halogens is 1. The van der Waals surface area contributed by atoms with E-state index in [9.17, 15) is 4.79 Å². The van der Waals surface area contributed by atoms with E-state index in [-0.39, 0.29) is 29.8 Å². The number of nitrogen functional groups attached to an aromatic ring is 1. The number of nitrogens with zero attached hydrogens (tertiary/aromatic N) is 7. The summed E-state index contributed by atoms with van der Waals surface area (Å²) in [6.45, 7) is 7.77. The van der Waals surface area contributed by atoms with Crippen molar-refractivity contribution in [2.24, 2.45) is 0 Å². The van der Waals surface area contributed by atoms with Gasteiger partial charge in [0.1, 0.15) is 5.65 Å². The Labute approximate surface area is 234 Å². The molecular formula is C27H38ClN9O2. The van der Waals surface area contributed by atoms with Gasteiger partial charge in [-0.1, -0.05) is 31.0 Å². The first-order chi connectivity index (χ1) is 19.0. The Morgan fingerprint density at radius 2 is 2.03 bits per heavy atom. The zero-order valence-corrected chi connectivity index (χ0v) is 23.2. The van der Waals surface area contributed by atoms with Gasteiger partial charge in [-0.3, -0.25) is 14.6 Å². The van der Waals surface area contributed by atoms with Crippen LogP contribution in [-0.4, -0.2) is 98.1 Å². The highest BCUT2D eigenvalue weighted by atomic mass is 35.5. The largest absolute Gasteiger partial charge is 0.395 e. The van der Waals surface area contributed by atoms with Gasteiger partial charge in [0.15, 0.2) is 22.5 Å². The molecule has 1 amide bonds. The van der Waals surface area contributed by atoms with Crippen LogP contribution in [0.2, 0.25) is 5.15 Å². The van der Waals surface area contributed by atoms with Crippen molar-refractivity contribution < 1.29 is 9.90 Å². The molecule has 2 saturated heterocycles. The van der Waals surface area contributed by atoms with Crippen LogP contribution in [-0.2, 0) is 6.54 Å². The molecule has 12 heteroatoms. The first-order valence-corrected chi connectivity index (χ1v) is 14.2. The van der Waals surface area contributed by atoms with E-state index >= 15 is 0 Å². The van der Waals surface area contributed by atoms with Crippen LogP contribution in [0, 0.1) is 0 Å². The number of aliphatic hydroxyl groups is 1. The summed E-state index contributed by atoms with van der Waals surface area (Å²) in [6, 6.07) is 5.21. The van der Waals surface area contributed by atoms with E-state index in [1.807, 2.05) is 12.4 Å². The highest BCUT2D eigenvalue weighted by Crippen LogP contribution is 2.30.